The summed E-state index contributed by atoms with van der Waals surface area (Å²) in [4.78, 5) is 27.8. The second kappa shape index (κ2) is 10.4. The Hall–Kier alpha value is -4.77. The number of nitrogens with zero attached hydrogens (tertiary/aromatic N) is 7. The lowest BCUT2D eigenvalue weighted by molar-refractivity contribution is -0.117. The largest absolute Gasteiger partial charge is 0.359 e. The van der Waals surface area contributed by atoms with Crippen molar-refractivity contribution in [2.75, 3.05) is 30.3 Å². The van der Waals surface area contributed by atoms with Gasteiger partial charge in [0.2, 0.25) is 11.9 Å². The number of benzene rings is 1. The number of anilines is 3. The van der Waals surface area contributed by atoms with Crippen LogP contribution in [0.25, 0.3) is 27.7 Å². The first-order valence-corrected chi connectivity index (χ1v) is 13.3. The number of amides is 1. The maximum Gasteiger partial charge on any atom is 0.238 e. The van der Waals surface area contributed by atoms with Gasteiger partial charge in [-0.3, -0.25) is 19.1 Å². The van der Waals surface area contributed by atoms with Crippen LogP contribution >= 0.6 is 0 Å². The van der Waals surface area contributed by atoms with E-state index in [0.717, 1.165) is 64.2 Å². The van der Waals surface area contributed by atoms with E-state index < -0.39 is 0 Å². The molecule has 1 aromatic carbocycles. The van der Waals surface area contributed by atoms with Gasteiger partial charge in [0.25, 0.3) is 0 Å². The van der Waals surface area contributed by atoms with E-state index in [1.807, 2.05) is 75.5 Å². The van der Waals surface area contributed by atoms with E-state index >= 15 is 0 Å². The van der Waals surface area contributed by atoms with Crippen LogP contribution in [0.4, 0.5) is 17.5 Å². The van der Waals surface area contributed by atoms with Gasteiger partial charge in [0.05, 0.1) is 29.6 Å². The number of hydrogen-bond donors (Lipinski definition) is 3. The molecule has 204 valence electrons. The molecule has 0 saturated carbocycles. The number of carbonyl (C=O) groups excluding carboxylic acids is 1. The van der Waals surface area contributed by atoms with Crippen molar-refractivity contribution in [3.63, 3.8) is 0 Å². The third-order valence-electron chi connectivity index (χ3n) is 7.31. The van der Waals surface area contributed by atoms with Crippen LogP contribution in [0.5, 0.6) is 0 Å². The molecule has 0 spiro atoms. The van der Waals surface area contributed by atoms with Crippen LogP contribution in [0.15, 0.2) is 55.1 Å². The average Bonchev–Trinajstić information content (AvgIpc) is 3.64. The molecule has 0 bridgehead atoms. The highest BCUT2D eigenvalue weighted by molar-refractivity contribution is 6.06. The van der Waals surface area contributed by atoms with Crippen molar-refractivity contribution in [1.82, 2.24) is 39.4 Å². The number of nitrogens with one attached hydrogen (secondary N) is 3. The predicted octanol–water partition coefficient (Wildman–Crippen LogP) is 4.18. The first-order valence-electron chi connectivity index (χ1n) is 13.3. The fourth-order valence-corrected chi connectivity index (χ4v) is 5.06. The summed E-state index contributed by atoms with van der Waals surface area (Å²) in [6.07, 6.45) is 10.7. The van der Waals surface area contributed by atoms with Crippen molar-refractivity contribution >= 4 is 39.8 Å². The minimum atomic E-state index is -0.0442. The highest BCUT2D eigenvalue weighted by atomic mass is 16.2. The van der Waals surface area contributed by atoms with Gasteiger partial charge in [-0.25, -0.2) is 9.97 Å². The number of fused-ring (bicyclic) bond motifs is 1. The molecule has 0 radical (unpaired) electrons. The number of aromatic nitrogens is 7. The zero-order chi connectivity index (χ0) is 27.8. The normalized spacial score (nSPS) is 13.9. The van der Waals surface area contributed by atoms with Gasteiger partial charge < -0.3 is 15.6 Å². The van der Waals surface area contributed by atoms with Gasteiger partial charge in [-0.05, 0) is 37.5 Å². The molecule has 11 heteroatoms. The van der Waals surface area contributed by atoms with Crippen LogP contribution in [0.2, 0.25) is 0 Å². The van der Waals surface area contributed by atoms with E-state index in [-0.39, 0.29) is 5.91 Å². The second-order valence-corrected chi connectivity index (χ2v) is 10.2. The Morgan fingerprint density at radius 3 is 2.77 bits per heavy atom. The van der Waals surface area contributed by atoms with E-state index in [0.29, 0.717) is 18.3 Å². The molecule has 11 nitrogen and oxygen atoms in total. The summed E-state index contributed by atoms with van der Waals surface area (Å²) in [6.45, 7) is 5.86. The summed E-state index contributed by atoms with van der Waals surface area (Å²) >= 11 is 0. The molecule has 1 aliphatic rings. The van der Waals surface area contributed by atoms with Crippen LogP contribution in [-0.4, -0.2) is 65.0 Å². The van der Waals surface area contributed by atoms with Gasteiger partial charge in [-0.1, -0.05) is 18.2 Å². The molecule has 5 aromatic rings. The molecule has 6 rings (SSSR count). The van der Waals surface area contributed by atoms with Gasteiger partial charge in [-0.15, -0.1) is 0 Å². The lowest BCUT2D eigenvalue weighted by atomic mass is 10.0. The summed E-state index contributed by atoms with van der Waals surface area (Å²) in [5.41, 5.74) is 7.76. The van der Waals surface area contributed by atoms with E-state index in [1.54, 1.807) is 10.9 Å². The maximum absolute atomic E-state index is 13.0. The summed E-state index contributed by atoms with van der Waals surface area (Å²) in [5, 5.41) is 16.0. The second-order valence-electron chi connectivity index (χ2n) is 10.2. The van der Waals surface area contributed by atoms with E-state index in [9.17, 15) is 4.79 Å². The molecule has 0 aliphatic carbocycles. The quantitative estimate of drug-likeness (QED) is 0.285. The summed E-state index contributed by atoms with van der Waals surface area (Å²) in [7, 11) is 3.82. The van der Waals surface area contributed by atoms with Gasteiger partial charge in [0.1, 0.15) is 0 Å². The number of aromatic amines is 1. The fraction of sp³-hybridized carbons (Fsp3) is 0.276. The van der Waals surface area contributed by atoms with Crippen molar-refractivity contribution in [1.29, 1.82) is 0 Å². The van der Waals surface area contributed by atoms with Crippen LogP contribution in [-0.2, 0) is 18.9 Å². The minimum absolute atomic E-state index is 0.0442. The fourth-order valence-electron chi connectivity index (χ4n) is 5.06. The van der Waals surface area contributed by atoms with E-state index in [4.69, 9.17) is 4.98 Å². The molecule has 40 heavy (non-hydrogen) atoms. The number of H-pyrrole nitrogens is 1. The Morgan fingerprint density at radius 1 is 1.18 bits per heavy atom. The van der Waals surface area contributed by atoms with Crippen LogP contribution < -0.4 is 10.6 Å². The molecule has 5 heterocycles. The molecular weight excluding hydrogens is 504 g/mol. The lowest BCUT2D eigenvalue weighted by Gasteiger charge is -2.25. The number of para-hydroxylation sites is 1. The highest BCUT2D eigenvalue weighted by Gasteiger charge is 2.19. The van der Waals surface area contributed by atoms with Crippen molar-refractivity contribution < 1.29 is 4.79 Å². The van der Waals surface area contributed by atoms with Gasteiger partial charge >= 0.3 is 0 Å². The average molecular weight is 537 g/mol. The highest BCUT2D eigenvalue weighted by Crippen LogP contribution is 2.33. The van der Waals surface area contributed by atoms with E-state index in [2.05, 4.69) is 41.8 Å². The SMILES string of the molecule is Cc1cnc(Nc2cc(C)n(C)n2)nc1-c1c[nH]c2c(NC(=O)CN3CC=C(c4cnn(C)c4)CC3)cccc12. The Labute approximate surface area is 231 Å². The topological polar surface area (TPSA) is 122 Å². The van der Waals surface area contributed by atoms with Gasteiger partial charge in [0, 0.05) is 74.0 Å². The zero-order valence-corrected chi connectivity index (χ0v) is 23.1. The number of rotatable bonds is 7. The van der Waals surface area contributed by atoms with Gasteiger partial charge in [0.15, 0.2) is 5.82 Å². The molecule has 0 unspecified atom stereocenters. The van der Waals surface area contributed by atoms with Gasteiger partial charge in [-0.2, -0.15) is 10.2 Å². The molecule has 0 saturated heterocycles. The van der Waals surface area contributed by atoms with E-state index in [1.165, 1.54) is 5.57 Å². The van der Waals surface area contributed by atoms with Crippen LogP contribution in [0.3, 0.4) is 0 Å². The Balaban J connectivity index is 1.17. The number of aryl methyl sites for hydroxylation is 4. The zero-order valence-electron chi connectivity index (χ0n) is 23.1. The Bertz CT molecular complexity index is 1720. The maximum atomic E-state index is 13.0. The minimum Gasteiger partial charge on any atom is -0.359 e. The molecule has 1 aliphatic heterocycles. The lowest BCUT2D eigenvalue weighted by Crippen LogP contribution is -2.36. The molecule has 0 fully saturated rings. The third kappa shape index (κ3) is 5.10. The third-order valence-corrected chi connectivity index (χ3v) is 7.31. The molecule has 3 N–H and O–H groups in total. The van der Waals surface area contributed by atoms with Crippen LogP contribution in [0.1, 0.15) is 23.2 Å². The first-order chi connectivity index (χ1) is 19.3. The number of carbonyl (C=O) groups is 1. The summed E-state index contributed by atoms with van der Waals surface area (Å²) < 4.78 is 3.61. The monoisotopic (exact) mass is 536 g/mol. The van der Waals surface area contributed by atoms with Crippen molar-refractivity contribution in [3.8, 4) is 11.3 Å². The molecule has 0 atom stereocenters. The molecule has 1 amide bonds. The smallest absolute Gasteiger partial charge is 0.238 e. The van der Waals surface area contributed by atoms with Crippen molar-refractivity contribution in [2.45, 2.75) is 20.3 Å². The Kier molecular flexibility index (Phi) is 6.64. The molecular formula is C29H32N10O. The first kappa shape index (κ1) is 25.5. The number of hydrogen-bond acceptors (Lipinski definition) is 7. The van der Waals surface area contributed by atoms with Crippen LogP contribution in [0, 0.1) is 13.8 Å². The predicted molar refractivity (Wildman–Crippen MR) is 156 cm³/mol. The summed E-state index contributed by atoms with van der Waals surface area (Å²) in [6, 6.07) is 7.85. The molecule has 4 aromatic heterocycles. The standard InChI is InChI=1S/C29H32N10O/c1-18-13-31-29(34-25-12-19(2)38(4)36-25)35-27(18)23-15-30-28-22(23)6-5-7-24(28)33-26(40)17-39-10-8-20(9-11-39)21-14-32-37(3)16-21/h5-8,12-16,30H,9-11,17H2,1-4H3,(H,33,40)(H,31,34,35,36). The summed E-state index contributed by atoms with van der Waals surface area (Å²) in [5.74, 6) is 1.12. The van der Waals surface area contributed by atoms with Crippen molar-refractivity contribution in [2.24, 2.45) is 14.1 Å². The van der Waals surface area contributed by atoms with Crippen molar-refractivity contribution in [3.05, 3.63) is 71.9 Å². The Morgan fingerprint density at radius 2 is 2.05 bits per heavy atom.